The van der Waals surface area contributed by atoms with Crippen LogP contribution in [0.5, 0.6) is 0 Å². The predicted molar refractivity (Wildman–Crippen MR) is 161 cm³/mol. The monoisotopic (exact) mass is 581 g/mol. The van der Waals surface area contributed by atoms with Gasteiger partial charge in [0.2, 0.25) is 5.91 Å². The van der Waals surface area contributed by atoms with Crippen molar-refractivity contribution in [2.45, 2.75) is 37.6 Å². The van der Waals surface area contributed by atoms with Crippen molar-refractivity contribution in [3.63, 3.8) is 0 Å². The Morgan fingerprint density at radius 2 is 1.62 bits per heavy atom. The van der Waals surface area contributed by atoms with Crippen LogP contribution in [0, 0.1) is 0 Å². The molecule has 6 nitrogen and oxygen atoms in total. The first-order valence-corrected chi connectivity index (χ1v) is 14.5. The highest BCUT2D eigenvalue weighted by Crippen LogP contribution is 2.34. The standard InChI is InChI=1S/C32H37Cl2N3O3/c1-24(39)35-32(28-10-6-3-7-11-28)15-18-36(19-16-32)17-14-27(26-12-13-29(33)30(34)22-26)23-37(20-21-38)31(40)25-8-4-2-5-9-25/h2-13,22,27,38H,14-21,23H2,1H3,(H,35,39). The van der Waals surface area contributed by atoms with Gasteiger partial charge in [0.25, 0.3) is 5.91 Å². The number of piperidine rings is 1. The summed E-state index contributed by atoms with van der Waals surface area (Å²) in [5.41, 5.74) is 2.37. The Kier molecular flexibility index (Phi) is 10.6. The Labute approximate surface area is 246 Å². The molecular formula is C32H37Cl2N3O3. The lowest BCUT2D eigenvalue weighted by molar-refractivity contribution is -0.121. The van der Waals surface area contributed by atoms with E-state index in [2.05, 4.69) is 22.3 Å². The summed E-state index contributed by atoms with van der Waals surface area (Å²) in [7, 11) is 0. The van der Waals surface area contributed by atoms with E-state index in [9.17, 15) is 14.7 Å². The quantitative estimate of drug-likeness (QED) is 0.303. The van der Waals surface area contributed by atoms with Crippen molar-refractivity contribution < 1.29 is 14.7 Å². The van der Waals surface area contributed by atoms with E-state index in [1.165, 1.54) is 0 Å². The number of carbonyl (C=O) groups excluding carboxylic acids is 2. The zero-order valence-corrected chi connectivity index (χ0v) is 24.4. The molecule has 2 amide bonds. The van der Waals surface area contributed by atoms with E-state index in [0.29, 0.717) is 22.2 Å². The summed E-state index contributed by atoms with van der Waals surface area (Å²) in [4.78, 5) is 29.6. The van der Waals surface area contributed by atoms with Crippen molar-refractivity contribution in [1.29, 1.82) is 0 Å². The van der Waals surface area contributed by atoms with E-state index in [4.69, 9.17) is 23.2 Å². The number of rotatable bonds is 11. The van der Waals surface area contributed by atoms with Crippen molar-refractivity contribution in [1.82, 2.24) is 15.1 Å². The second kappa shape index (κ2) is 14.1. The van der Waals surface area contributed by atoms with Crippen molar-refractivity contribution in [3.05, 3.63) is 106 Å². The fourth-order valence-electron chi connectivity index (χ4n) is 5.63. The Morgan fingerprint density at radius 3 is 2.23 bits per heavy atom. The molecule has 1 aliphatic heterocycles. The lowest BCUT2D eigenvalue weighted by Gasteiger charge is -2.43. The minimum atomic E-state index is -0.368. The molecule has 1 fully saturated rings. The minimum Gasteiger partial charge on any atom is -0.395 e. The Hall–Kier alpha value is -2.90. The highest BCUT2D eigenvalue weighted by molar-refractivity contribution is 6.42. The molecule has 40 heavy (non-hydrogen) atoms. The van der Waals surface area contributed by atoms with E-state index in [1.54, 1.807) is 30.0 Å². The third kappa shape index (κ3) is 7.64. The van der Waals surface area contributed by atoms with Crippen molar-refractivity contribution in [3.8, 4) is 0 Å². The van der Waals surface area contributed by atoms with Crippen LogP contribution < -0.4 is 5.32 Å². The van der Waals surface area contributed by atoms with Gasteiger partial charge in [-0.1, -0.05) is 77.8 Å². The molecular weight excluding hydrogens is 545 g/mol. The largest absolute Gasteiger partial charge is 0.395 e. The Balaban J connectivity index is 1.49. The Bertz CT molecular complexity index is 1260. The summed E-state index contributed by atoms with van der Waals surface area (Å²) in [6, 6.07) is 25.0. The zero-order chi connectivity index (χ0) is 28.5. The molecule has 1 unspecified atom stereocenters. The zero-order valence-electron chi connectivity index (χ0n) is 22.9. The van der Waals surface area contributed by atoms with Crippen LogP contribution in [0.25, 0.3) is 0 Å². The first kappa shape index (κ1) is 30.1. The molecule has 0 aliphatic carbocycles. The van der Waals surface area contributed by atoms with Crippen LogP contribution in [-0.4, -0.2) is 66.1 Å². The maximum absolute atomic E-state index is 13.3. The summed E-state index contributed by atoms with van der Waals surface area (Å²) >= 11 is 12.6. The molecule has 1 saturated heterocycles. The molecule has 3 aromatic rings. The van der Waals surface area contributed by atoms with Crippen LogP contribution >= 0.6 is 23.2 Å². The topological polar surface area (TPSA) is 72.9 Å². The minimum absolute atomic E-state index is 0.00914. The predicted octanol–water partition coefficient (Wildman–Crippen LogP) is 5.73. The molecule has 2 N–H and O–H groups in total. The summed E-state index contributed by atoms with van der Waals surface area (Å²) in [5.74, 6) is -0.144. The van der Waals surface area contributed by atoms with Crippen LogP contribution in [0.1, 0.15) is 53.6 Å². The molecule has 0 aromatic heterocycles. The number of hydrogen-bond acceptors (Lipinski definition) is 4. The van der Waals surface area contributed by atoms with E-state index >= 15 is 0 Å². The van der Waals surface area contributed by atoms with Gasteiger partial charge in [0.15, 0.2) is 0 Å². The highest BCUT2D eigenvalue weighted by atomic mass is 35.5. The number of carbonyl (C=O) groups is 2. The lowest BCUT2D eigenvalue weighted by Crippen LogP contribution is -2.52. The van der Waals surface area contributed by atoms with Crippen LogP contribution in [0.4, 0.5) is 0 Å². The number of benzene rings is 3. The fraction of sp³-hybridized carbons (Fsp3) is 0.375. The first-order chi connectivity index (χ1) is 19.3. The molecule has 212 valence electrons. The third-order valence-corrected chi connectivity index (χ3v) is 8.52. The molecule has 1 aliphatic rings. The highest BCUT2D eigenvalue weighted by Gasteiger charge is 2.37. The number of aliphatic hydroxyl groups excluding tert-OH is 1. The second-order valence-electron chi connectivity index (χ2n) is 10.5. The van der Waals surface area contributed by atoms with E-state index < -0.39 is 0 Å². The van der Waals surface area contributed by atoms with Crippen molar-refractivity contribution >= 4 is 35.0 Å². The summed E-state index contributed by atoms with van der Waals surface area (Å²) in [6.45, 7) is 4.64. The van der Waals surface area contributed by atoms with Gasteiger partial charge in [-0.2, -0.15) is 0 Å². The van der Waals surface area contributed by atoms with Crippen molar-refractivity contribution in [2.75, 3.05) is 39.3 Å². The Morgan fingerprint density at radius 1 is 0.975 bits per heavy atom. The number of nitrogens with zero attached hydrogens (tertiary/aromatic N) is 2. The van der Waals surface area contributed by atoms with Crippen LogP contribution in [0.3, 0.4) is 0 Å². The number of hydrogen-bond donors (Lipinski definition) is 2. The average molecular weight is 583 g/mol. The summed E-state index contributed by atoms with van der Waals surface area (Å²) < 4.78 is 0. The molecule has 0 spiro atoms. The maximum atomic E-state index is 13.3. The number of likely N-dealkylation sites (tertiary alicyclic amines) is 1. The second-order valence-corrected chi connectivity index (χ2v) is 11.3. The number of aliphatic hydroxyl groups is 1. The average Bonchev–Trinajstić information content (AvgIpc) is 2.97. The SMILES string of the molecule is CC(=O)NC1(c2ccccc2)CCN(CCC(CN(CCO)C(=O)c2ccccc2)c2ccc(Cl)c(Cl)c2)CC1. The molecule has 1 heterocycles. The van der Waals surface area contributed by atoms with Gasteiger partial charge >= 0.3 is 0 Å². The third-order valence-electron chi connectivity index (χ3n) is 7.78. The van der Waals surface area contributed by atoms with Gasteiger partial charge in [-0.15, -0.1) is 0 Å². The van der Waals surface area contributed by atoms with Gasteiger partial charge in [-0.25, -0.2) is 0 Å². The normalized spacial score (nSPS) is 15.8. The smallest absolute Gasteiger partial charge is 0.253 e. The van der Waals surface area contributed by atoms with E-state index in [0.717, 1.165) is 50.0 Å². The van der Waals surface area contributed by atoms with E-state index in [-0.39, 0.29) is 36.4 Å². The number of amides is 2. The van der Waals surface area contributed by atoms with Gasteiger partial charge in [0, 0.05) is 44.6 Å². The maximum Gasteiger partial charge on any atom is 0.253 e. The van der Waals surface area contributed by atoms with Gasteiger partial charge in [-0.05, 0) is 61.2 Å². The van der Waals surface area contributed by atoms with Crippen LogP contribution in [0.2, 0.25) is 10.0 Å². The summed E-state index contributed by atoms with van der Waals surface area (Å²) in [5, 5.41) is 14.0. The van der Waals surface area contributed by atoms with Crippen molar-refractivity contribution in [2.24, 2.45) is 0 Å². The molecule has 0 bridgehead atoms. The first-order valence-electron chi connectivity index (χ1n) is 13.8. The number of nitrogens with one attached hydrogen (secondary N) is 1. The molecule has 0 radical (unpaired) electrons. The van der Waals surface area contributed by atoms with Gasteiger partial charge < -0.3 is 20.2 Å². The molecule has 1 atom stereocenters. The summed E-state index contributed by atoms with van der Waals surface area (Å²) in [6.07, 6.45) is 2.43. The van der Waals surface area contributed by atoms with Crippen LogP contribution in [0.15, 0.2) is 78.9 Å². The molecule has 8 heteroatoms. The van der Waals surface area contributed by atoms with E-state index in [1.807, 2.05) is 48.5 Å². The molecule has 4 rings (SSSR count). The van der Waals surface area contributed by atoms with Crippen LogP contribution in [-0.2, 0) is 10.3 Å². The van der Waals surface area contributed by atoms with Gasteiger partial charge in [-0.3, -0.25) is 9.59 Å². The fourth-order valence-corrected chi connectivity index (χ4v) is 5.94. The molecule has 3 aromatic carbocycles. The van der Waals surface area contributed by atoms with Gasteiger partial charge in [0.05, 0.1) is 22.2 Å². The number of halogens is 2. The molecule has 0 saturated carbocycles. The lowest BCUT2D eigenvalue weighted by atomic mass is 9.80. The van der Waals surface area contributed by atoms with Gasteiger partial charge in [0.1, 0.15) is 0 Å².